The van der Waals surface area contributed by atoms with Crippen molar-refractivity contribution < 1.29 is 9.53 Å². The summed E-state index contributed by atoms with van der Waals surface area (Å²) in [6.07, 6.45) is 2.36. The van der Waals surface area contributed by atoms with Gasteiger partial charge in [-0.05, 0) is 43.1 Å². The molecule has 26 heavy (non-hydrogen) atoms. The molecule has 1 aromatic heterocycles. The maximum atomic E-state index is 12.7. The molecule has 2 saturated heterocycles. The maximum Gasteiger partial charge on any atom is 0.265 e. The molecule has 138 valence electrons. The van der Waals surface area contributed by atoms with E-state index >= 15 is 0 Å². The van der Waals surface area contributed by atoms with Crippen LogP contribution in [0.3, 0.4) is 0 Å². The Hall–Kier alpha value is -1.73. The Labute approximate surface area is 158 Å². The zero-order valence-electron chi connectivity index (χ0n) is 14.9. The first-order valence-electron chi connectivity index (χ1n) is 9.32. The van der Waals surface area contributed by atoms with Crippen LogP contribution < -0.4 is 10.6 Å². The summed E-state index contributed by atoms with van der Waals surface area (Å²) in [5, 5.41) is 6.61. The number of benzene rings is 1. The van der Waals surface area contributed by atoms with Crippen molar-refractivity contribution in [3.05, 3.63) is 51.7 Å². The van der Waals surface area contributed by atoms with Gasteiger partial charge in [-0.1, -0.05) is 18.2 Å². The first-order chi connectivity index (χ1) is 12.8. The molecule has 6 heteroatoms. The van der Waals surface area contributed by atoms with Gasteiger partial charge in [-0.25, -0.2) is 0 Å². The molecule has 2 aliphatic rings. The molecular formula is C20H25N3O2S. The fourth-order valence-electron chi connectivity index (χ4n) is 3.55. The van der Waals surface area contributed by atoms with E-state index in [0.29, 0.717) is 6.04 Å². The molecule has 3 heterocycles. The van der Waals surface area contributed by atoms with Gasteiger partial charge in [-0.2, -0.15) is 0 Å². The summed E-state index contributed by atoms with van der Waals surface area (Å²) < 4.78 is 5.42. The van der Waals surface area contributed by atoms with Crippen molar-refractivity contribution in [3.8, 4) is 0 Å². The molecule has 2 aromatic rings. The second-order valence-corrected chi connectivity index (χ2v) is 7.97. The fourth-order valence-corrected chi connectivity index (χ4v) is 4.57. The number of hydrogen-bond donors (Lipinski definition) is 2. The molecule has 0 spiro atoms. The second-order valence-electron chi connectivity index (χ2n) is 6.85. The highest BCUT2D eigenvalue weighted by Crippen LogP contribution is 2.30. The Kier molecular flexibility index (Phi) is 5.65. The van der Waals surface area contributed by atoms with E-state index in [4.69, 9.17) is 4.74 Å². The number of carbonyl (C=O) groups is 1. The normalized spacial score (nSPS) is 21.0. The van der Waals surface area contributed by atoms with Gasteiger partial charge >= 0.3 is 0 Å². The van der Waals surface area contributed by atoms with E-state index in [-0.39, 0.29) is 5.91 Å². The molecule has 1 amide bonds. The third-order valence-electron chi connectivity index (χ3n) is 5.02. The van der Waals surface area contributed by atoms with Crippen LogP contribution in [0.2, 0.25) is 0 Å². The Balaban J connectivity index is 1.44. The zero-order valence-corrected chi connectivity index (χ0v) is 15.7. The van der Waals surface area contributed by atoms with Crippen LogP contribution in [0.15, 0.2) is 36.4 Å². The molecule has 0 bridgehead atoms. The molecule has 0 saturated carbocycles. The highest BCUT2D eigenvalue weighted by molar-refractivity contribution is 7.14. The third kappa shape index (κ3) is 4.15. The van der Waals surface area contributed by atoms with E-state index in [2.05, 4.69) is 27.7 Å². The second kappa shape index (κ2) is 8.31. The molecule has 5 nitrogen and oxygen atoms in total. The topological polar surface area (TPSA) is 53.6 Å². The van der Waals surface area contributed by atoms with Gasteiger partial charge in [0, 0.05) is 36.2 Å². The SMILES string of the molecule is O=C(Nc1ccccc1CN1CCOCC1)c1ccc([C@@H]2CCCN2)s1. The highest BCUT2D eigenvalue weighted by atomic mass is 32.1. The third-order valence-corrected chi connectivity index (χ3v) is 6.22. The Bertz CT molecular complexity index is 749. The van der Waals surface area contributed by atoms with Crippen LogP contribution in [0, 0.1) is 0 Å². The van der Waals surface area contributed by atoms with Crippen molar-refractivity contribution in [3.63, 3.8) is 0 Å². The van der Waals surface area contributed by atoms with Gasteiger partial charge in [-0.15, -0.1) is 11.3 Å². The van der Waals surface area contributed by atoms with Crippen molar-refractivity contribution in [2.75, 3.05) is 38.2 Å². The van der Waals surface area contributed by atoms with E-state index < -0.39 is 0 Å². The molecule has 1 aromatic carbocycles. The predicted octanol–water partition coefficient (Wildman–Crippen LogP) is 3.26. The first-order valence-corrected chi connectivity index (χ1v) is 10.1. The monoisotopic (exact) mass is 371 g/mol. The van der Waals surface area contributed by atoms with E-state index in [0.717, 1.165) is 61.9 Å². The maximum absolute atomic E-state index is 12.7. The molecule has 2 N–H and O–H groups in total. The van der Waals surface area contributed by atoms with E-state index in [1.165, 1.54) is 11.3 Å². The number of thiophene rings is 1. The van der Waals surface area contributed by atoms with Gasteiger partial charge < -0.3 is 15.4 Å². The van der Waals surface area contributed by atoms with E-state index in [1.807, 2.05) is 24.3 Å². The van der Waals surface area contributed by atoms with E-state index in [1.54, 1.807) is 11.3 Å². The Morgan fingerprint density at radius 3 is 2.88 bits per heavy atom. The van der Waals surface area contributed by atoms with Crippen molar-refractivity contribution in [2.24, 2.45) is 0 Å². The minimum Gasteiger partial charge on any atom is -0.379 e. The first kappa shape index (κ1) is 17.7. The summed E-state index contributed by atoms with van der Waals surface area (Å²) in [6.45, 7) is 5.33. The van der Waals surface area contributed by atoms with Crippen LogP contribution >= 0.6 is 11.3 Å². The van der Waals surface area contributed by atoms with Gasteiger partial charge in [0.2, 0.25) is 0 Å². The molecule has 2 aliphatic heterocycles. The summed E-state index contributed by atoms with van der Waals surface area (Å²) in [5.41, 5.74) is 2.05. The number of nitrogens with one attached hydrogen (secondary N) is 2. The van der Waals surface area contributed by atoms with E-state index in [9.17, 15) is 4.79 Å². The largest absolute Gasteiger partial charge is 0.379 e. The lowest BCUT2D eigenvalue weighted by atomic mass is 10.1. The minimum absolute atomic E-state index is 0.0197. The van der Waals surface area contributed by atoms with Gasteiger partial charge in [0.1, 0.15) is 0 Å². The molecule has 0 aliphatic carbocycles. The molecule has 4 rings (SSSR count). The Morgan fingerprint density at radius 2 is 2.08 bits per heavy atom. The summed E-state index contributed by atoms with van der Waals surface area (Å²) in [6, 6.07) is 12.5. The number of para-hydroxylation sites is 1. The van der Waals surface area contributed by atoms with Gasteiger partial charge in [-0.3, -0.25) is 9.69 Å². The summed E-state index contributed by atoms with van der Waals surface area (Å²) >= 11 is 1.60. The lowest BCUT2D eigenvalue weighted by Crippen LogP contribution is -2.35. The number of rotatable bonds is 5. The van der Waals surface area contributed by atoms with Crippen molar-refractivity contribution in [1.29, 1.82) is 0 Å². The number of nitrogens with zero attached hydrogens (tertiary/aromatic N) is 1. The number of carbonyl (C=O) groups excluding carboxylic acids is 1. The average molecular weight is 372 g/mol. The predicted molar refractivity (Wildman–Crippen MR) is 105 cm³/mol. The van der Waals surface area contributed by atoms with Gasteiger partial charge in [0.05, 0.1) is 18.1 Å². The van der Waals surface area contributed by atoms with Crippen LogP contribution in [-0.4, -0.2) is 43.7 Å². The smallest absolute Gasteiger partial charge is 0.265 e. The minimum atomic E-state index is -0.0197. The summed E-state index contributed by atoms with van der Waals surface area (Å²) in [4.78, 5) is 17.1. The summed E-state index contributed by atoms with van der Waals surface area (Å²) in [7, 11) is 0. The lowest BCUT2D eigenvalue weighted by molar-refractivity contribution is 0.0342. The number of morpholine rings is 1. The van der Waals surface area contributed by atoms with Crippen LogP contribution in [0.4, 0.5) is 5.69 Å². The van der Waals surface area contributed by atoms with Crippen molar-refractivity contribution in [1.82, 2.24) is 10.2 Å². The fraction of sp³-hybridized carbons (Fsp3) is 0.450. The summed E-state index contributed by atoms with van der Waals surface area (Å²) in [5.74, 6) is -0.0197. The molecule has 1 atom stereocenters. The van der Waals surface area contributed by atoms with Crippen molar-refractivity contribution >= 4 is 22.9 Å². The molecule has 0 unspecified atom stereocenters. The number of hydrogen-bond acceptors (Lipinski definition) is 5. The molecular weight excluding hydrogens is 346 g/mol. The quantitative estimate of drug-likeness (QED) is 0.847. The molecule has 0 radical (unpaired) electrons. The standard InChI is InChI=1S/C20H25N3O2S/c24-20(19-8-7-18(26-19)17-6-3-9-21-17)22-16-5-2-1-4-15(16)14-23-10-12-25-13-11-23/h1-2,4-5,7-8,17,21H,3,6,9-14H2,(H,22,24)/t17-/m0/s1. The number of anilines is 1. The van der Waals surface area contributed by atoms with Crippen LogP contribution in [0.25, 0.3) is 0 Å². The van der Waals surface area contributed by atoms with Gasteiger partial charge in [0.15, 0.2) is 0 Å². The average Bonchev–Trinajstić information content (AvgIpc) is 3.36. The Morgan fingerprint density at radius 1 is 1.23 bits per heavy atom. The van der Waals surface area contributed by atoms with Gasteiger partial charge in [0.25, 0.3) is 5.91 Å². The van der Waals surface area contributed by atoms with Crippen LogP contribution in [-0.2, 0) is 11.3 Å². The lowest BCUT2D eigenvalue weighted by Gasteiger charge is -2.27. The van der Waals surface area contributed by atoms with Crippen molar-refractivity contribution in [2.45, 2.75) is 25.4 Å². The van der Waals surface area contributed by atoms with Crippen LogP contribution in [0.1, 0.15) is 39.0 Å². The highest BCUT2D eigenvalue weighted by Gasteiger charge is 2.20. The van der Waals surface area contributed by atoms with Crippen LogP contribution in [0.5, 0.6) is 0 Å². The molecule has 2 fully saturated rings. The number of amides is 1. The number of ether oxygens (including phenoxy) is 1. The zero-order chi connectivity index (χ0) is 17.8.